The molecule has 0 fully saturated rings. The minimum Gasteiger partial charge on any atom is -0.507 e. The van der Waals surface area contributed by atoms with Crippen molar-refractivity contribution in [3.8, 4) is 5.75 Å². The van der Waals surface area contributed by atoms with Gasteiger partial charge in [0, 0.05) is 27.1 Å². The molecular formula is C18H16BrN3O2. The number of hydrogen-bond acceptors (Lipinski definition) is 3. The van der Waals surface area contributed by atoms with E-state index in [0.29, 0.717) is 10.2 Å². The van der Waals surface area contributed by atoms with E-state index in [1.54, 1.807) is 12.1 Å². The number of phenols is 1. The van der Waals surface area contributed by atoms with Crippen LogP contribution in [0.5, 0.6) is 5.75 Å². The van der Waals surface area contributed by atoms with E-state index in [2.05, 4.69) is 37.5 Å². The number of carbonyl (C=O) groups is 1. The van der Waals surface area contributed by atoms with Gasteiger partial charge in [-0.15, -0.1) is 0 Å². The molecule has 0 saturated carbocycles. The first kappa shape index (κ1) is 16.3. The molecule has 24 heavy (non-hydrogen) atoms. The predicted molar refractivity (Wildman–Crippen MR) is 98.5 cm³/mol. The molecule has 0 atom stereocenters. The summed E-state index contributed by atoms with van der Waals surface area (Å²) in [5, 5.41) is 15.0. The lowest BCUT2D eigenvalue weighted by Crippen LogP contribution is -2.19. The lowest BCUT2D eigenvalue weighted by molar-refractivity contribution is 0.0952. The first-order valence-electron chi connectivity index (χ1n) is 7.37. The highest BCUT2D eigenvalue weighted by Crippen LogP contribution is 2.22. The lowest BCUT2D eigenvalue weighted by atomic mass is 10.1. The molecule has 0 bridgehead atoms. The second-order valence-corrected chi connectivity index (χ2v) is 6.47. The number of nitrogens with zero attached hydrogens (tertiary/aromatic N) is 1. The van der Waals surface area contributed by atoms with E-state index in [1.165, 1.54) is 6.07 Å². The van der Waals surface area contributed by atoms with Crippen molar-refractivity contribution in [2.75, 3.05) is 0 Å². The average Bonchev–Trinajstić information content (AvgIpc) is 2.97. The summed E-state index contributed by atoms with van der Waals surface area (Å²) in [4.78, 5) is 15.4. The summed E-state index contributed by atoms with van der Waals surface area (Å²) in [5.74, 6) is -0.560. The maximum atomic E-state index is 12.2. The van der Waals surface area contributed by atoms with Gasteiger partial charge in [-0.05, 0) is 44.2 Å². The van der Waals surface area contributed by atoms with E-state index in [9.17, 15) is 9.90 Å². The van der Waals surface area contributed by atoms with Gasteiger partial charge >= 0.3 is 0 Å². The Kier molecular flexibility index (Phi) is 4.40. The average molecular weight is 386 g/mol. The number of aromatic hydroxyl groups is 1. The Morgan fingerprint density at radius 1 is 1.21 bits per heavy atom. The number of nitrogens with one attached hydrogen (secondary N) is 2. The highest BCUT2D eigenvalue weighted by Gasteiger charge is 2.12. The van der Waals surface area contributed by atoms with Crippen LogP contribution in [0.15, 0.2) is 52.2 Å². The molecule has 3 rings (SSSR count). The molecule has 0 aliphatic rings. The molecule has 0 aliphatic carbocycles. The molecular weight excluding hydrogens is 370 g/mol. The summed E-state index contributed by atoms with van der Waals surface area (Å²) in [6.07, 6.45) is 1.87. The van der Waals surface area contributed by atoms with E-state index in [1.807, 2.05) is 32.2 Å². The van der Waals surface area contributed by atoms with Gasteiger partial charge in [-0.25, -0.2) is 5.43 Å². The number of benzene rings is 2. The van der Waals surface area contributed by atoms with Gasteiger partial charge in [0.1, 0.15) is 5.75 Å². The Morgan fingerprint density at radius 2 is 2.00 bits per heavy atom. The quantitative estimate of drug-likeness (QED) is 0.468. The van der Waals surface area contributed by atoms with Gasteiger partial charge in [0.25, 0.3) is 5.91 Å². The Labute approximate surface area is 147 Å². The van der Waals surface area contributed by atoms with Gasteiger partial charge in [0.15, 0.2) is 0 Å². The smallest absolute Gasteiger partial charge is 0.275 e. The molecule has 1 aromatic heterocycles. The van der Waals surface area contributed by atoms with Gasteiger partial charge in [-0.1, -0.05) is 27.6 Å². The number of fused-ring (bicyclic) bond motifs is 1. The van der Waals surface area contributed by atoms with E-state index in [0.717, 1.165) is 22.0 Å². The summed E-state index contributed by atoms with van der Waals surface area (Å²) < 4.78 is 0.707. The van der Waals surface area contributed by atoms with Gasteiger partial charge in [0.2, 0.25) is 0 Å². The molecule has 0 radical (unpaired) electrons. The SMILES string of the molecule is CC(=NNC(=O)c1cc(Br)ccc1O)c1c[nH]c2ccc(C)cc12. The van der Waals surface area contributed by atoms with Crippen LogP contribution in [0.2, 0.25) is 0 Å². The molecule has 122 valence electrons. The van der Waals surface area contributed by atoms with E-state index in [-0.39, 0.29) is 11.3 Å². The van der Waals surface area contributed by atoms with Gasteiger partial charge < -0.3 is 10.1 Å². The summed E-state index contributed by atoms with van der Waals surface area (Å²) in [7, 11) is 0. The van der Waals surface area contributed by atoms with Crippen LogP contribution in [-0.4, -0.2) is 21.7 Å². The molecule has 0 saturated heterocycles. The van der Waals surface area contributed by atoms with Crippen molar-refractivity contribution in [1.82, 2.24) is 10.4 Å². The number of rotatable bonds is 3. The lowest BCUT2D eigenvalue weighted by Gasteiger charge is -2.05. The van der Waals surface area contributed by atoms with E-state index in [4.69, 9.17) is 0 Å². The van der Waals surface area contributed by atoms with Crippen molar-refractivity contribution in [2.45, 2.75) is 13.8 Å². The van der Waals surface area contributed by atoms with Crippen LogP contribution in [0.1, 0.15) is 28.4 Å². The van der Waals surface area contributed by atoms with Crippen molar-refractivity contribution in [1.29, 1.82) is 0 Å². The Bertz CT molecular complexity index is 960. The van der Waals surface area contributed by atoms with Crippen LogP contribution < -0.4 is 5.43 Å². The third kappa shape index (κ3) is 3.19. The van der Waals surface area contributed by atoms with Crippen LogP contribution in [-0.2, 0) is 0 Å². The predicted octanol–water partition coefficient (Wildman–Crippen LogP) is 4.10. The molecule has 3 aromatic rings. The highest BCUT2D eigenvalue weighted by atomic mass is 79.9. The van der Waals surface area contributed by atoms with Crippen LogP contribution in [0.3, 0.4) is 0 Å². The molecule has 2 aromatic carbocycles. The third-order valence-corrected chi connectivity index (χ3v) is 4.25. The molecule has 0 spiro atoms. The number of halogens is 1. The Hall–Kier alpha value is -2.60. The maximum Gasteiger partial charge on any atom is 0.275 e. The molecule has 3 N–H and O–H groups in total. The van der Waals surface area contributed by atoms with Crippen LogP contribution in [0.25, 0.3) is 10.9 Å². The molecule has 0 unspecified atom stereocenters. The number of hydrogen-bond donors (Lipinski definition) is 3. The summed E-state index contributed by atoms with van der Waals surface area (Å²) in [6.45, 7) is 3.85. The second-order valence-electron chi connectivity index (χ2n) is 5.55. The van der Waals surface area contributed by atoms with E-state index < -0.39 is 5.91 Å². The van der Waals surface area contributed by atoms with E-state index >= 15 is 0 Å². The monoisotopic (exact) mass is 385 g/mol. The van der Waals surface area contributed by atoms with Crippen molar-refractivity contribution in [3.05, 3.63) is 63.8 Å². The summed E-state index contributed by atoms with van der Waals surface area (Å²) >= 11 is 3.28. The molecule has 0 aliphatic heterocycles. The highest BCUT2D eigenvalue weighted by molar-refractivity contribution is 9.10. The number of aromatic nitrogens is 1. The normalized spacial score (nSPS) is 11.7. The number of aryl methyl sites for hydroxylation is 1. The van der Waals surface area contributed by atoms with Crippen LogP contribution >= 0.6 is 15.9 Å². The molecule has 5 nitrogen and oxygen atoms in total. The van der Waals surface area contributed by atoms with Crippen molar-refractivity contribution >= 4 is 38.5 Å². The standard InChI is InChI=1S/C18H16BrN3O2/c1-10-3-5-16-13(7-10)15(9-20-16)11(2)21-22-18(24)14-8-12(19)4-6-17(14)23/h3-9,20,23H,1-2H3,(H,22,24). The largest absolute Gasteiger partial charge is 0.507 e. The molecule has 1 amide bonds. The Balaban J connectivity index is 1.86. The topological polar surface area (TPSA) is 77.5 Å². The number of phenolic OH excluding ortho intramolecular Hbond substituents is 1. The fourth-order valence-electron chi connectivity index (χ4n) is 2.48. The fraction of sp³-hybridized carbons (Fsp3) is 0.111. The molecule has 1 heterocycles. The zero-order valence-electron chi connectivity index (χ0n) is 13.2. The third-order valence-electron chi connectivity index (χ3n) is 3.76. The number of hydrazone groups is 1. The zero-order chi connectivity index (χ0) is 17.3. The zero-order valence-corrected chi connectivity index (χ0v) is 14.8. The van der Waals surface area contributed by atoms with Gasteiger partial charge in [-0.2, -0.15) is 5.10 Å². The van der Waals surface area contributed by atoms with Gasteiger partial charge in [0.05, 0.1) is 11.3 Å². The van der Waals surface area contributed by atoms with Crippen molar-refractivity contribution in [2.24, 2.45) is 5.10 Å². The number of H-pyrrole nitrogens is 1. The molecule has 6 heteroatoms. The first-order valence-corrected chi connectivity index (χ1v) is 8.16. The first-order chi connectivity index (χ1) is 11.5. The Morgan fingerprint density at radius 3 is 2.79 bits per heavy atom. The number of amides is 1. The van der Waals surface area contributed by atoms with Crippen LogP contribution in [0.4, 0.5) is 0 Å². The fourth-order valence-corrected chi connectivity index (χ4v) is 2.84. The minimum absolute atomic E-state index is 0.0914. The number of carbonyl (C=O) groups excluding carboxylic acids is 1. The van der Waals surface area contributed by atoms with Crippen molar-refractivity contribution < 1.29 is 9.90 Å². The minimum atomic E-state index is -0.468. The summed E-state index contributed by atoms with van der Waals surface area (Å²) in [6, 6.07) is 10.8. The maximum absolute atomic E-state index is 12.2. The second kappa shape index (κ2) is 6.49. The van der Waals surface area contributed by atoms with Crippen molar-refractivity contribution in [3.63, 3.8) is 0 Å². The van der Waals surface area contributed by atoms with Crippen LogP contribution in [0, 0.1) is 6.92 Å². The summed E-state index contributed by atoms with van der Waals surface area (Å²) in [5.41, 5.74) is 6.42. The number of aromatic amines is 1. The van der Waals surface area contributed by atoms with Gasteiger partial charge in [-0.3, -0.25) is 4.79 Å².